The molecule has 1 saturated heterocycles. The van der Waals surface area contributed by atoms with E-state index < -0.39 is 22.2 Å². The number of rotatable bonds is 6. The lowest BCUT2D eigenvalue weighted by Crippen LogP contribution is -2.56. The van der Waals surface area contributed by atoms with Gasteiger partial charge in [-0.2, -0.15) is 0 Å². The van der Waals surface area contributed by atoms with Crippen LogP contribution in [0.15, 0.2) is 6.20 Å². The topological polar surface area (TPSA) is 126 Å². The molecule has 1 unspecified atom stereocenters. The second-order valence-corrected chi connectivity index (χ2v) is 8.47. The number of halogens is 1. The minimum atomic E-state index is -1.17. The molecular weight excluding hydrogens is 392 g/mol. The van der Waals surface area contributed by atoms with Gasteiger partial charge >= 0.3 is 17.2 Å². The summed E-state index contributed by atoms with van der Waals surface area (Å²) < 4.78 is 6.59. The molecule has 0 bridgehead atoms. The van der Waals surface area contributed by atoms with E-state index >= 15 is 0 Å². The summed E-state index contributed by atoms with van der Waals surface area (Å²) in [5.74, 6) is -0.359. The molecule has 0 aromatic carbocycles. The molecule has 2 N–H and O–H groups in total. The second-order valence-electron chi connectivity index (χ2n) is 8.13. The van der Waals surface area contributed by atoms with E-state index in [1.54, 1.807) is 32.7 Å². The number of carbonyl (C=O) groups excluding carboxylic acids is 1. The van der Waals surface area contributed by atoms with Crippen molar-refractivity contribution in [3.8, 4) is 0 Å². The number of amides is 1. The average Bonchev–Trinajstić information content (AvgIpc) is 2.87. The number of β-amino-alcohol motifs (C(OH)–C–C–N with tert-alkyl or cyclic N) is 1. The van der Waals surface area contributed by atoms with Gasteiger partial charge in [-0.05, 0) is 49.2 Å². The summed E-state index contributed by atoms with van der Waals surface area (Å²) in [5, 5.41) is 23.2. The van der Waals surface area contributed by atoms with E-state index in [9.17, 15) is 20.0 Å². The minimum Gasteiger partial charge on any atom is -0.443 e. The molecule has 12 heteroatoms. The number of aliphatic hydroxyl groups is 1. The Hall–Kier alpha value is -1.95. The molecule has 1 aromatic rings. The lowest BCUT2D eigenvalue weighted by Gasteiger charge is -2.38. The van der Waals surface area contributed by atoms with Crippen molar-refractivity contribution in [3.63, 3.8) is 0 Å². The molecule has 158 valence electrons. The minimum absolute atomic E-state index is 0.0432. The van der Waals surface area contributed by atoms with Crippen molar-refractivity contribution in [3.05, 3.63) is 21.6 Å². The van der Waals surface area contributed by atoms with Crippen LogP contribution in [0.2, 0.25) is 5.28 Å². The third-order valence-corrected chi connectivity index (χ3v) is 4.30. The summed E-state index contributed by atoms with van der Waals surface area (Å²) in [6.45, 7) is 9.86. The van der Waals surface area contributed by atoms with Crippen LogP contribution < -0.4 is 5.43 Å². The van der Waals surface area contributed by atoms with Gasteiger partial charge in [0.05, 0.1) is 12.1 Å². The van der Waals surface area contributed by atoms with Crippen LogP contribution in [0.3, 0.4) is 0 Å². The quantitative estimate of drug-likeness (QED) is 0.522. The van der Waals surface area contributed by atoms with Gasteiger partial charge in [0.1, 0.15) is 11.8 Å². The molecule has 1 aliphatic heterocycles. The van der Waals surface area contributed by atoms with E-state index in [-0.39, 0.29) is 17.6 Å². The number of imidazole rings is 1. The van der Waals surface area contributed by atoms with Gasteiger partial charge in [-0.3, -0.25) is 14.9 Å². The van der Waals surface area contributed by atoms with Crippen molar-refractivity contribution in [2.45, 2.75) is 45.4 Å². The van der Waals surface area contributed by atoms with Gasteiger partial charge in [0, 0.05) is 32.7 Å². The van der Waals surface area contributed by atoms with Gasteiger partial charge in [0.25, 0.3) is 0 Å². The maximum Gasteiger partial charge on any atom is 0.422 e. The highest BCUT2D eigenvalue weighted by Crippen LogP contribution is 2.20. The number of aromatic nitrogens is 2. The van der Waals surface area contributed by atoms with Crippen LogP contribution in [0.4, 0.5) is 10.6 Å². The first-order valence-electron chi connectivity index (χ1n) is 8.91. The fraction of sp³-hybridized carbons (Fsp3) is 0.750. The average molecular weight is 419 g/mol. The number of hydrazine groups is 1. The molecule has 1 atom stereocenters. The molecule has 2 heterocycles. The molecule has 0 aliphatic carbocycles. The molecule has 0 radical (unpaired) electrons. The number of ether oxygens (including phenoxy) is 1. The largest absolute Gasteiger partial charge is 0.443 e. The number of hydrogen-bond donors (Lipinski definition) is 2. The van der Waals surface area contributed by atoms with Gasteiger partial charge in [-0.15, -0.1) is 0 Å². The third kappa shape index (κ3) is 6.89. The molecule has 2 rings (SSSR count). The molecule has 1 aromatic heterocycles. The van der Waals surface area contributed by atoms with Crippen molar-refractivity contribution in [1.29, 1.82) is 0 Å². The van der Waals surface area contributed by atoms with Crippen molar-refractivity contribution in [2.75, 3.05) is 32.7 Å². The maximum atomic E-state index is 11.8. The van der Waals surface area contributed by atoms with Crippen LogP contribution in [0.1, 0.15) is 27.7 Å². The van der Waals surface area contributed by atoms with Crippen molar-refractivity contribution < 1.29 is 19.6 Å². The Morgan fingerprint density at radius 3 is 2.43 bits per heavy atom. The van der Waals surface area contributed by atoms with E-state index in [1.807, 2.05) is 4.90 Å². The fourth-order valence-corrected chi connectivity index (χ4v) is 3.12. The van der Waals surface area contributed by atoms with Crippen LogP contribution in [-0.2, 0) is 11.3 Å². The van der Waals surface area contributed by atoms with E-state index in [0.717, 1.165) is 0 Å². The molecule has 1 fully saturated rings. The predicted octanol–water partition coefficient (Wildman–Crippen LogP) is 1.25. The zero-order valence-electron chi connectivity index (χ0n) is 16.5. The molecule has 0 saturated carbocycles. The number of hydrogen-bond acceptors (Lipinski definition) is 8. The van der Waals surface area contributed by atoms with Gasteiger partial charge in [0.15, 0.2) is 0 Å². The number of nitrogens with zero attached hydrogens (tertiary/aromatic N) is 5. The Kier molecular flexibility index (Phi) is 6.86. The Morgan fingerprint density at radius 1 is 1.32 bits per heavy atom. The van der Waals surface area contributed by atoms with Crippen LogP contribution in [-0.4, -0.2) is 79.5 Å². The summed E-state index contributed by atoms with van der Waals surface area (Å²) in [4.78, 5) is 27.7. The number of nitrogens with one attached hydrogen (secondary N) is 1. The number of nitro groups is 1. The molecule has 0 spiro atoms. The van der Waals surface area contributed by atoms with Crippen LogP contribution >= 0.6 is 11.6 Å². The smallest absolute Gasteiger partial charge is 0.422 e. The Bertz CT molecular complexity index is 709. The van der Waals surface area contributed by atoms with Crippen molar-refractivity contribution in [1.82, 2.24) is 24.9 Å². The fourth-order valence-electron chi connectivity index (χ4n) is 2.93. The zero-order chi connectivity index (χ0) is 21.1. The van der Waals surface area contributed by atoms with E-state index in [1.165, 1.54) is 10.8 Å². The monoisotopic (exact) mass is 418 g/mol. The molecule has 1 aliphatic rings. The number of carbonyl (C=O) groups is 1. The van der Waals surface area contributed by atoms with Crippen molar-refractivity contribution in [2.24, 2.45) is 0 Å². The summed E-state index contributed by atoms with van der Waals surface area (Å²) in [6.07, 6.45) is 0.712. The van der Waals surface area contributed by atoms with Gasteiger partial charge in [0.2, 0.25) is 0 Å². The first-order valence-corrected chi connectivity index (χ1v) is 9.29. The van der Waals surface area contributed by atoms with Crippen LogP contribution in [0, 0.1) is 10.1 Å². The lowest BCUT2D eigenvalue weighted by atomic mass is 10.1. The van der Waals surface area contributed by atoms with E-state index in [0.29, 0.717) is 32.7 Å². The van der Waals surface area contributed by atoms with E-state index in [2.05, 4.69) is 10.4 Å². The maximum absolute atomic E-state index is 11.8. The summed E-state index contributed by atoms with van der Waals surface area (Å²) in [6, 6.07) is 0. The van der Waals surface area contributed by atoms with E-state index in [4.69, 9.17) is 16.3 Å². The zero-order valence-corrected chi connectivity index (χ0v) is 17.3. The van der Waals surface area contributed by atoms with Crippen LogP contribution in [0.5, 0.6) is 0 Å². The SMILES string of the molecule is CC(O)(CN1CCN(NC(=O)OC(C)(C)C)CC1)Cn1cc([N+](=O)[O-])nc1Cl. The highest BCUT2D eigenvalue weighted by molar-refractivity contribution is 6.28. The normalized spacial score (nSPS) is 18.5. The summed E-state index contributed by atoms with van der Waals surface area (Å²) in [5.41, 5.74) is 0.980. The lowest BCUT2D eigenvalue weighted by molar-refractivity contribution is -0.389. The summed E-state index contributed by atoms with van der Waals surface area (Å²) >= 11 is 5.92. The highest BCUT2D eigenvalue weighted by Gasteiger charge is 2.30. The van der Waals surface area contributed by atoms with Gasteiger partial charge in [-0.1, -0.05) is 0 Å². The summed E-state index contributed by atoms with van der Waals surface area (Å²) in [7, 11) is 0. The van der Waals surface area contributed by atoms with Gasteiger partial charge < -0.3 is 20.0 Å². The van der Waals surface area contributed by atoms with Gasteiger partial charge in [-0.25, -0.2) is 9.80 Å². The molecular formula is C16H27ClN6O5. The molecule has 11 nitrogen and oxygen atoms in total. The second kappa shape index (κ2) is 8.60. The number of piperazine rings is 1. The third-order valence-electron chi connectivity index (χ3n) is 4.00. The molecule has 1 amide bonds. The Balaban J connectivity index is 1.83. The first-order chi connectivity index (χ1) is 12.8. The predicted molar refractivity (Wildman–Crippen MR) is 102 cm³/mol. The Morgan fingerprint density at radius 2 is 1.93 bits per heavy atom. The highest BCUT2D eigenvalue weighted by atomic mass is 35.5. The van der Waals surface area contributed by atoms with Crippen molar-refractivity contribution >= 4 is 23.5 Å². The first kappa shape index (κ1) is 22.3. The Labute approximate surface area is 168 Å². The standard InChI is InChI=1S/C16H27ClN6O5/c1-15(2,3)28-14(24)19-22-7-5-20(6-8-22)10-16(4,25)11-21-9-12(23(26)27)18-13(21)17/h9,25H,5-8,10-11H2,1-4H3,(H,19,24). The van der Waals surface area contributed by atoms with Crippen LogP contribution in [0.25, 0.3) is 0 Å². The molecule has 28 heavy (non-hydrogen) atoms.